The van der Waals surface area contributed by atoms with Crippen LogP contribution in [-0.2, 0) is 0 Å². The van der Waals surface area contributed by atoms with Crippen molar-refractivity contribution in [3.8, 4) is 6.07 Å². The molecule has 0 aliphatic carbocycles. The Kier molecular flexibility index (Phi) is 3.69. The van der Waals surface area contributed by atoms with Gasteiger partial charge in [0.2, 0.25) is 0 Å². The van der Waals surface area contributed by atoms with E-state index in [-0.39, 0.29) is 0 Å². The molecule has 0 fully saturated rings. The summed E-state index contributed by atoms with van der Waals surface area (Å²) in [4.78, 5) is 0. The Hall–Kier alpha value is -0.970. The second-order valence-corrected chi connectivity index (χ2v) is 1.55. The Morgan fingerprint density at radius 1 is 1.88 bits per heavy atom. The van der Waals surface area contributed by atoms with E-state index in [1.165, 1.54) is 6.20 Å². The van der Waals surface area contributed by atoms with Crippen LogP contribution < -0.4 is 5.73 Å². The molecule has 0 aromatic carbocycles. The van der Waals surface area contributed by atoms with Gasteiger partial charge in [-0.05, 0) is 6.42 Å². The third-order valence-corrected chi connectivity index (χ3v) is 0.864. The molecule has 0 amide bonds. The van der Waals surface area contributed by atoms with Gasteiger partial charge in [0.15, 0.2) is 0 Å². The van der Waals surface area contributed by atoms with E-state index in [0.29, 0.717) is 5.57 Å². The summed E-state index contributed by atoms with van der Waals surface area (Å²) in [7, 11) is 0. The first kappa shape index (κ1) is 7.03. The van der Waals surface area contributed by atoms with E-state index in [0.717, 1.165) is 12.8 Å². The molecule has 0 aromatic heterocycles. The number of nitrogens with zero attached hydrogens (tertiary/aromatic N) is 1. The number of nitriles is 1. The summed E-state index contributed by atoms with van der Waals surface area (Å²) in [6.45, 7) is 2.01. The Morgan fingerprint density at radius 2 is 2.50 bits per heavy atom. The molecule has 0 saturated heterocycles. The maximum absolute atomic E-state index is 8.26. The fourth-order valence-corrected chi connectivity index (χ4v) is 0.446. The molecule has 2 heteroatoms. The molecule has 0 radical (unpaired) electrons. The van der Waals surface area contributed by atoms with Gasteiger partial charge in [-0.15, -0.1) is 0 Å². The Labute approximate surface area is 49.6 Å². The molecule has 0 spiro atoms. The van der Waals surface area contributed by atoms with Crippen LogP contribution in [0.15, 0.2) is 11.8 Å². The van der Waals surface area contributed by atoms with Crippen molar-refractivity contribution in [2.45, 2.75) is 19.8 Å². The minimum Gasteiger partial charge on any atom is -0.404 e. The van der Waals surface area contributed by atoms with Crippen LogP contribution in [-0.4, -0.2) is 0 Å². The third-order valence-electron chi connectivity index (χ3n) is 0.864. The van der Waals surface area contributed by atoms with E-state index in [1.807, 2.05) is 13.0 Å². The molecule has 44 valence electrons. The molecule has 0 aliphatic rings. The highest BCUT2D eigenvalue weighted by Crippen LogP contribution is 1.98. The average Bonchev–Trinajstić information content (AvgIpc) is 1.83. The maximum Gasteiger partial charge on any atom is 0.0962 e. The molecular formula is C6H10N2. The van der Waals surface area contributed by atoms with Crippen LogP contribution >= 0.6 is 0 Å². The summed E-state index contributed by atoms with van der Waals surface area (Å²) in [5.74, 6) is 0. The number of hydrogen-bond donors (Lipinski definition) is 1. The number of allylic oxidation sites excluding steroid dienone is 1. The lowest BCUT2D eigenvalue weighted by Crippen LogP contribution is -1.84. The van der Waals surface area contributed by atoms with Crippen molar-refractivity contribution in [1.82, 2.24) is 0 Å². The zero-order valence-electron chi connectivity index (χ0n) is 5.02. The van der Waals surface area contributed by atoms with Crippen molar-refractivity contribution in [2.75, 3.05) is 0 Å². The van der Waals surface area contributed by atoms with Crippen molar-refractivity contribution in [1.29, 1.82) is 5.26 Å². The second-order valence-electron chi connectivity index (χ2n) is 1.55. The quantitative estimate of drug-likeness (QED) is 0.542. The molecule has 2 nitrogen and oxygen atoms in total. The second kappa shape index (κ2) is 4.20. The molecule has 2 N–H and O–H groups in total. The molecule has 0 aromatic rings. The van der Waals surface area contributed by atoms with Crippen molar-refractivity contribution >= 4 is 0 Å². The van der Waals surface area contributed by atoms with E-state index in [4.69, 9.17) is 11.0 Å². The van der Waals surface area contributed by atoms with Crippen molar-refractivity contribution in [2.24, 2.45) is 5.73 Å². The van der Waals surface area contributed by atoms with Crippen LogP contribution in [0.2, 0.25) is 0 Å². The molecule has 0 saturated carbocycles. The highest BCUT2D eigenvalue weighted by atomic mass is 14.5. The first-order valence-corrected chi connectivity index (χ1v) is 2.66. The molecule has 0 atom stereocenters. The van der Waals surface area contributed by atoms with Gasteiger partial charge in [0.25, 0.3) is 0 Å². The van der Waals surface area contributed by atoms with E-state index in [1.54, 1.807) is 0 Å². The summed E-state index contributed by atoms with van der Waals surface area (Å²) in [6, 6.07) is 1.99. The first-order valence-electron chi connectivity index (χ1n) is 2.66. The van der Waals surface area contributed by atoms with Gasteiger partial charge in [-0.3, -0.25) is 0 Å². The largest absolute Gasteiger partial charge is 0.404 e. The first-order chi connectivity index (χ1) is 3.85. The van der Waals surface area contributed by atoms with Crippen molar-refractivity contribution in [3.63, 3.8) is 0 Å². The summed E-state index contributed by atoms with van der Waals surface area (Å²) in [5, 5.41) is 8.26. The van der Waals surface area contributed by atoms with Gasteiger partial charge in [-0.25, -0.2) is 0 Å². The van der Waals surface area contributed by atoms with Crippen LogP contribution in [0.4, 0.5) is 0 Å². The van der Waals surface area contributed by atoms with E-state index >= 15 is 0 Å². The normalized spacial score (nSPS) is 10.8. The Balaban J connectivity index is 3.60. The molecule has 0 aliphatic heterocycles. The topological polar surface area (TPSA) is 49.8 Å². The molecule has 8 heavy (non-hydrogen) atoms. The van der Waals surface area contributed by atoms with Crippen LogP contribution in [0, 0.1) is 11.3 Å². The van der Waals surface area contributed by atoms with E-state index in [9.17, 15) is 0 Å². The minimum absolute atomic E-state index is 0.674. The number of hydrogen-bond acceptors (Lipinski definition) is 2. The Bertz CT molecular complexity index is 119. The average molecular weight is 110 g/mol. The van der Waals surface area contributed by atoms with Gasteiger partial charge in [-0.2, -0.15) is 5.26 Å². The summed E-state index contributed by atoms with van der Waals surface area (Å²) in [6.07, 6.45) is 3.15. The SMILES string of the molecule is CCC/C(C#N)=C/N. The van der Waals surface area contributed by atoms with Crippen LogP contribution in [0.5, 0.6) is 0 Å². The Morgan fingerprint density at radius 3 is 2.62 bits per heavy atom. The number of nitrogens with two attached hydrogens (primary N) is 1. The lowest BCUT2D eigenvalue weighted by molar-refractivity contribution is 0.925. The predicted octanol–water partition coefficient (Wildman–Crippen LogP) is 1.15. The molecule has 0 rings (SSSR count). The molecule has 0 bridgehead atoms. The van der Waals surface area contributed by atoms with Gasteiger partial charge < -0.3 is 5.73 Å². The highest BCUT2D eigenvalue weighted by Gasteiger charge is 1.87. The smallest absolute Gasteiger partial charge is 0.0962 e. The monoisotopic (exact) mass is 110 g/mol. The van der Waals surface area contributed by atoms with Gasteiger partial charge in [0.05, 0.1) is 6.07 Å². The van der Waals surface area contributed by atoms with Gasteiger partial charge in [-0.1, -0.05) is 13.3 Å². The zero-order chi connectivity index (χ0) is 6.41. The van der Waals surface area contributed by atoms with Crippen LogP contribution in [0.25, 0.3) is 0 Å². The van der Waals surface area contributed by atoms with E-state index in [2.05, 4.69) is 0 Å². The van der Waals surface area contributed by atoms with Gasteiger partial charge in [0, 0.05) is 11.8 Å². The lowest BCUT2D eigenvalue weighted by atomic mass is 10.2. The summed E-state index contributed by atoms with van der Waals surface area (Å²) >= 11 is 0. The standard InChI is InChI=1S/C6H10N2/c1-2-3-6(4-7)5-8/h4H,2-3,7H2,1H3/b6-4-. The molecule has 0 unspecified atom stereocenters. The van der Waals surface area contributed by atoms with Crippen LogP contribution in [0.1, 0.15) is 19.8 Å². The minimum atomic E-state index is 0.674. The van der Waals surface area contributed by atoms with E-state index < -0.39 is 0 Å². The maximum atomic E-state index is 8.26. The summed E-state index contributed by atoms with van der Waals surface area (Å²) < 4.78 is 0. The molecule has 0 heterocycles. The fraction of sp³-hybridized carbons (Fsp3) is 0.500. The van der Waals surface area contributed by atoms with Crippen LogP contribution in [0.3, 0.4) is 0 Å². The third kappa shape index (κ3) is 2.25. The number of rotatable bonds is 2. The van der Waals surface area contributed by atoms with Gasteiger partial charge >= 0.3 is 0 Å². The van der Waals surface area contributed by atoms with Crippen molar-refractivity contribution < 1.29 is 0 Å². The predicted molar refractivity (Wildman–Crippen MR) is 32.8 cm³/mol. The van der Waals surface area contributed by atoms with Gasteiger partial charge in [0.1, 0.15) is 0 Å². The fourth-order valence-electron chi connectivity index (χ4n) is 0.446. The zero-order valence-corrected chi connectivity index (χ0v) is 5.02. The highest BCUT2D eigenvalue weighted by molar-refractivity contribution is 5.18. The lowest BCUT2D eigenvalue weighted by Gasteiger charge is -1.87. The van der Waals surface area contributed by atoms with Crippen molar-refractivity contribution in [3.05, 3.63) is 11.8 Å². The summed E-state index contributed by atoms with van der Waals surface area (Å²) in [5.41, 5.74) is 5.76. The molecular weight excluding hydrogens is 100 g/mol.